The van der Waals surface area contributed by atoms with Crippen LogP contribution in [-0.4, -0.2) is 13.0 Å². The second kappa shape index (κ2) is 7.32. The van der Waals surface area contributed by atoms with Gasteiger partial charge in [-0.05, 0) is 67.6 Å². The lowest BCUT2D eigenvalue weighted by atomic mass is 10.0. The Hall–Kier alpha value is -2.29. The molecule has 3 heteroatoms. The Morgan fingerprint density at radius 1 is 1.04 bits per heavy atom. The molecule has 0 aromatic heterocycles. The third-order valence-electron chi connectivity index (χ3n) is 4.30. The maximum absolute atomic E-state index is 12.5. The summed E-state index contributed by atoms with van der Waals surface area (Å²) in [6.45, 7) is 8.16. The van der Waals surface area contributed by atoms with E-state index in [1.807, 2.05) is 51.1 Å². The van der Waals surface area contributed by atoms with Crippen LogP contribution >= 0.6 is 0 Å². The van der Waals surface area contributed by atoms with Crippen LogP contribution in [0.25, 0.3) is 0 Å². The topological polar surface area (TPSA) is 38.3 Å². The summed E-state index contributed by atoms with van der Waals surface area (Å²) in [5.74, 6) is 0.831. The van der Waals surface area contributed by atoms with Crippen molar-refractivity contribution in [3.63, 3.8) is 0 Å². The number of methoxy groups -OCH3 is 1. The molecule has 0 bridgehead atoms. The van der Waals surface area contributed by atoms with Crippen molar-refractivity contribution in [2.24, 2.45) is 0 Å². The third-order valence-corrected chi connectivity index (χ3v) is 4.30. The fourth-order valence-corrected chi connectivity index (χ4v) is 2.66. The summed E-state index contributed by atoms with van der Waals surface area (Å²) < 4.78 is 5.30. The van der Waals surface area contributed by atoms with Crippen LogP contribution in [0.15, 0.2) is 36.4 Å². The SMILES string of the molecule is CCC(NC(=O)c1ccc(C)c(C)c1)c1ccc(OC)c(C)c1. The first-order chi connectivity index (χ1) is 11.0. The number of hydrogen-bond donors (Lipinski definition) is 1. The van der Waals surface area contributed by atoms with Gasteiger partial charge in [-0.3, -0.25) is 4.79 Å². The summed E-state index contributed by atoms with van der Waals surface area (Å²) in [6.07, 6.45) is 0.836. The fraction of sp³-hybridized carbons (Fsp3) is 0.350. The molecule has 1 unspecified atom stereocenters. The minimum atomic E-state index is -0.0339. The molecule has 0 aliphatic rings. The Kier molecular flexibility index (Phi) is 5.43. The maximum Gasteiger partial charge on any atom is 0.251 e. The Labute approximate surface area is 138 Å². The average Bonchev–Trinajstić information content (AvgIpc) is 2.54. The van der Waals surface area contributed by atoms with Gasteiger partial charge in [-0.1, -0.05) is 25.1 Å². The van der Waals surface area contributed by atoms with Gasteiger partial charge in [-0.2, -0.15) is 0 Å². The van der Waals surface area contributed by atoms with E-state index in [1.165, 1.54) is 5.56 Å². The van der Waals surface area contributed by atoms with Crippen molar-refractivity contribution in [3.8, 4) is 5.75 Å². The van der Waals surface area contributed by atoms with Crippen LogP contribution in [0.2, 0.25) is 0 Å². The number of aryl methyl sites for hydroxylation is 3. The highest BCUT2D eigenvalue weighted by Crippen LogP contribution is 2.24. The quantitative estimate of drug-likeness (QED) is 0.883. The highest BCUT2D eigenvalue weighted by Gasteiger charge is 2.15. The van der Waals surface area contributed by atoms with E-state index >= 15 is 0 Å². The number of rotatable bonds is 5. The van der Waals surface area contributed by atoms with E-state index in [4.69, 9.17) is 4.74 Å². The van der Waals surface area contributed by atoms with E-state index in [1.54, 1.807) is 7.11 Å². The van der Waals surface area contributed by atoms with Gasteiger partial charge in [-0.25, -0.2) is 0 Å². The Morgan fingerprint density at radius 2 is 1.78 bits per heavy atom. The molecule has 23 heavy (non-hydrogen) atoms. The van der Waals surface area contributed by atoms with E-state index in [0.717, 1.165) is 28.9 Å². The highest BCUT2D eigenvalue weighted by molar-refractivity contribution is 5.94. The first kappa shape index (κ1) is 17.1. The molecular weight excluding hydrogens is 286 g/mol. The van der Waals surface area contributed by atoms with E-state index < -0.39 is 0 Å². The second-order valence-corrected chi connectivity index (χ2v) is 5.96. The molecule has 2 aromatic rings. The third kappa shape index (κ3) is 3.92. The zero-order valence-electron chi connectivity index (χ0n) is 14.6. The van der Waals surface area contributed by atoms with Crippen LogP contribution in [0.5, 0.6) is 5.75 Å². The molecule has 1 atom stereocenters. The number of carbonyl (C=O) groups excluding carboxylic acids is 1. The van der Waals surface area contributed by atoms with Gasteiger partial charge >= 0.3 is 0 Å². The lowest BCUT2D eigenvalue weighted by Gasteiger charge is -2.19. The summed E-state index contributed by atoms with van der Waals surface area (Å²) in [5, 5.41) is 3.13. The van der Waals surface area contributed by atoms with E-state index in [9.17, 15) is 4.79 Å². The summed E-state index contributed by atoms with van der Waals surface area (Å²) in [4.78, 5) is 12.5. The number of carbonyl (C=O) groups is 1. The minimum absolute atomic E-state index is 0.00582. The van der Waals surface area contributed by atoms with Crippen LogP contribution < -0.4 is 10.1 Å². The van der Waals surface area contributed by atoms with Crippen LogP contribution in [0.1, 0.15) is 52.0 Å². The number of benzene rings is 2. The highest BCUT2D eigenvalue weighted by atomic mass is 16.5. The van der Waals surface area contributed by atoms with Crippen LogP contribution in [0.3, 0.4) is 0 Å². The summed E-state index contributed by atoms with van der Waals surface area (Å²) >= 11 is 0. The van der Waals surface area contributed by atoms with Gasteiger partial charge in [0.2, 0.25) is 0 Å². The standard InChI is InChI=1S/C20H25NO2/c1-6-18(16-9-10-19(23-5)15(4)12-16)21-20(22)17-8-7-13(2)14(3)11-17/h7-12,18H,6H2,1-5H3,(H,21,22). The van der Waals surface area contributed by atoms with Gasteiger partial charge in [-0.15, -0.1) is 0 Å². The van der Waals surface area contributed by atoms with Crippen LogP contribution in [0.4, 0.5) is 0 Å². The van der Waals surface area contributed by atoms with Crippen LogP contribution in [0, 0.1) is 20.8 Å². The Bertz CT molecular complexity index is 707. The Balaban J connectivity index is 2.19. The van der Waals surface area contributed by atoms with Crippen molar-refractivity contribution >= 4 is 5.91 Å². The monoisotopic (exact) mass is 311 g/mol. The summed E-state index contributed by atoms with van der Waals surface area (Å²) in [6, 6.07) is 11.8. The number of nitrogens with one attached hydrogen (secondary N) is 1. The van der Waals surface area contributed by atoms with E-state index in [0.29, 0.717) is 5.56 Å². The predicted octanol–water partition coefficient (Wildman–Crippen LogP) is 4.50. The van der Waals surface area contributed by atoms with Crippen molar-refractivity contribution < 1.29 is 9.53 Å². The average molecular weight is 311 g/mol. The predicted molar refractivity (Wildman–Crippen MR) is 94.1 cm³/mol. The molecule has 3 nitrogen and oxygen atoms in total. The zero-order chi connectivity index (χ0) is 17.0. The van der Waals surface area contributed by atoms with Gasteiger partial charge < -0.3 is 10.1 Å². The van der Waals surface area contributed by atoms with Crippen molar-refractivity contribution in [1.29, 1.82) is 0 Å². The van der Waals surface area contributed by atoms with Crippen molar-refractivity contribution in [2.45, 2.75) is 40.2 Å². The van der Waals surface area contributed by atoms with Crippen molar-refractivity contribution in [2.75, 3.05) is 7.11 Å². The van der Waals surface area contributed by atoms with E-state index in [-0.39, 0.29) is 11.9 Å². The molecule has 0 spiro atoms. The summed E-state index contributed by atoms with van der Waals surface area (Å²) in [5.41, 5.74) is 5.20. The fourth-order valence-electron chi connectivity index (χ4n) is 2.66. The molecule has 0 aliphatic carbocycles. The molecular formula is C20H25NO2. The molecule has 0 fully saturated rings. The van der Waals surface area contributed by atoms with Gasteiger partial charge in [0, 0.05) is 5.56 Å². The van der Waals surface area contributed by atoms with Crippen molar-refractivity contribution in [1.82, 2.24) is 5.32 Å². The lowest BCUT2D eigenvalue weighted by molar-refractivity contribution is 0.0935. The maximum atomic E-state index is 12.5. The molecule has 0 saturated carbocycles. The number of ether oxygens (including phenoxy) is 1. The largest absolute Gasteiger partial charge is 0.496 e. The lowest BCUT2D eigenvalue weighted by Crippen LogP contribution is -2.28. The molecule has 2 aromatic carbocycles. The van der Waals surface area contributed by atoms with Crippen molar-refractivity contribution in [3.05, 3.63) is 64.2 Å². The zero-order valence-corrected chi connectivity index (χ0v) is 14.6. The minimum Gasteiger partial charge on any atom is -0.496 e. The molecule has 122 valence electrons. The Morgan fingerprint density at radius 3 is 2.35 bits per heavy atom. The normalized spacial score (nSPS) is 11.9. The van der Waals surface area contributed by atoms with Gasteiger partial charge in [0.05, 0.1) is 13.2 Å². The molecule has 1 amide bonds. The molecule has 0 saturated heterocycles. The number of hydrogen-bond acceptors (Lipinski definition) is 2. The van der Waals surface area contributed by atoms with Crippen LogP contribution in [-0.2, 0) is 0 Å². The van der Waals surface area contributed by atoms with Gasteiger partial charge in [0.1, 0.15) is 5.75 Å². The first-order valence-electron chi connectivity index (χ1n) is 7.99. The second-order valence-electron chi connectivity index (χ2n) is 5.96. The number of amides is 1. The molecule has 0 radical (unpaired) electrons. The van der Waals surface area contributed by atoms with Gasteiger partial charge in [0.25, 0.3) is 5.91 Å². The molecule has 1 N–H and O–H groups in total. The molecule has 2 rings (SSSR count). The summed E-state index contributed by atoms with van der Waals surface area (Å²) in [7, 11) is 1.67. The van der Waals surface area contributed by atoms with Gasteiger partial charge in [0.15, 0.2) is 0 Å². The molecule has 0 aliphatic heterocycles. The van der Waals surface area contributed by atoms with E-state index in [2.05, 4.69) is 18.3 Å². The first-order valence-corrected chi connectivity index (χ1v) is 7.99. The smallest absolute Gasteiger partial charge is 0.251 e. The molecule has 0 heterocycles.